The van der Waals surface area contributed by atoms with Gasteiger partial charge in [0.15, 0.2) is 0 Å². The average molecular weight is 471 g/mol. The fourth-order valence-corrected chi connectivity index (χ4v) is 4.41. The normalized spacial score (nSPS) is 14.0. The minimum atomic E-state index is -1.58. The number of carboxylic acids is 1. The molecule has 4 heteroatoms. The summed E-state index contributed by atoms with van der Waals surface area (Å²) in [5, 5.41) is 9.92. The molecule has 0 amide bonds. The van der Waals surface area contributed by atoms with Gasteiger partial charge in [0.05, 0.1) is 6.10 Å². The first kappa shape index (κ1) is 28.0. The van der Waals surface area contributed by atoms with E-state index in [9.17, 15) is 9.90 Å². The van der Waals surface area contributed by atoms with E-state index in [-0.39, 0.29) is 0 Å². The number of carbonyl (C=O) groups is 1. The zero-order chi connectivity index (χ0) is 24.6. The van der Waals surface area contributed by atoms with Crippen LogP contribution in [0, 0.1) is 0 Å². The zero-order valence-corrected chi connectivity index (χ0v) is 21.1. The lowest BCUT2D eigenvalue weighted by Gasteiger charge is -2.26. The minimum Gasteiger partial charge on any atom is -0.481 e. The summed E-state index contributed by atoms with van der Waals surface area (Å²) >= 11 is 0. The Morgan fingerprint density at radius 3 is 1.97 bits per heavy atom. The molecule has 3 nitrogen and oxygen atoms in total. The van der Waals surface area contributed by atoms with E-state index in [2.05, 4.69) is 13.8 Å². The van der Waals surface area contributed by atoms with E-state index in [1.807, 2.05) is 42.5 Å². The molecule has 2 aromatic rings. The maximum absolute atomic E-state index is 15.7. The van der Waals surface area contributed by atoms with Crippen LogP contribution in [0.1, 0.15) is 96.0 Å². The Kier molecular flexibility index (Phi) is 13.6. The third-order valence-corrected chi connectivity index (χ3v) is 6.49. The fourth-order valence-electron chi connectivity index (χ4n) is 4.41. The lowest BCUT2D eigenvalue weighted by Crippen LogP contribution is -2.35. The number of alkyl halides is 1. The summed E-state index contributed by atoms with van der Waals surface area (Å²) in [6.45, 7) is 4.81. The average Bonchev–Trinajstić information content (AvgIpc) is 2.85. The van der Waals surface area contributed by atoms with E-state index in [4.69, 9.17) is 4.74 Å². The maximum atomic E-state index is 15.7. The number of carboxylic acid groups (broad SMARTS) is 1. The molecule has 2 rings (SSSR count). The van der Waals surface area contributed by atoms with Crippen LogP contribution in [0.4, 0.5) is 4.39 Å². The first-order chi connectivity index (χ1) is 16.6. The highest BCUT2D eigenvalue weighted by Crippen LogP contribution is 2.30. The van der Waals surface area contributed by atoms with Gasteiger partial charge in [-0.3, -0.25) is 4.79 Å². The summed E-state index contributed by atoms with van der Waals surface area (Å²) in [5.74, 6) is -2.37. The van der Waals surface area contributed by atoms with Gasteiger partial charge in [0, 0.05) is 6.61 Å². The van der Waals surface area contributed by atoms with E-state index < -0.39 is 24.2 Å². The molecule has 0 spiro atoms. The van der Waals surface area contributed by atoms with Crippen LogP contribution in [0.3, 0.4) is 0 Å². The van der Waals surface area contributed by atoms with Crippen molar-refractivity contribution < 1.29 is 19.0 Å². The smallest absolute Gasteiger partial charge is 0.314 e. The molecule has 0 fully saturated rings. The van der Waals surface area contributed by atoms with Gasteiger partial charge in [-0.1, -0.05) is 126 Å². The van der Waals surface area contributed by atoms with E-state index in [0.717, 1.165) is 43.2 Å². The molecule has 0 saturated heterocycles. The molecule has 0 aromatic heterocycles. The van der Waals surface area contributed by atoms with Crippen molar-refractivity contribution in [2.45, 2.75) is 103 Å². The van der Waals surface area contributed by atoms with Crippen molar-refractivity contribution in [2.24, 2.45) is 0 Å². The van der Waals surface area contributed by atoms with Crippen LogP contribution in [0.2, 0.25) is 0 Å². The van der Waals surface area contributed by atoms with Gasteiger partial charge in [0.1, 0.15) is 12.1 Å². The van der Waals surface area contributed by atoms with Crippen molar-refractivity contribution in [1.29, 1.82) is 0 Å². The van der Waals surface area contributed by atoms with Gasteiger partial charge < -0.3 is 9.84 Å². The fraction of sp³-hybridized carbons (Fsp3) is 0.567. The number of aliphatic carboxylic acids is 1. The molecule has 0 aliphatic heterocycles. The van der Waals surface area contributed by atoms with Crippen LogP contribution in [0.15, 0.2) is 54.6 Å². The zero-order valence-electron chi connectivity index (χ0n) is 21.1. The summed E-state index contributed by atoms with van der Waals surface area (Å²) in [4.78, 5) is 12.1. The van der Waals surface area contributed by atoms with Gasteiger partial charge in [-0.15, -0.1) is 0 Å². The Balaban J connectivity index is 2.01. The summed E-state index contributed by atoms with van der Waals surface area (Å²) in [6, 6.07) is 17.1. The van der Waals surface area contributed by atoms with Crippen LogP contribution < -0.4 is 0 Å². The molecular weight excluding hydrogens is 427 g/mol. The second-order valence-corrected chi connectivity index (χ2v) is 9.27. The summed E-state index contributed by atoms with van der Waals surface area (Å²) in [5.41, 5.74) is 2.52. The molecule has 34 heavy (non-hydrogen) atoms. The molecule has 3 atom stereocenters. The predicted octanol–water partition coefficient (Wildman–Crippen LogP) is 8.58. The molecule has 0 aliphatic rings. The number of benzene rings is 2. The molecule has 2 aromatic carbocycles. The minimum absolute atomic E-state index is 0.486. The second kappa shape index (κ2) is 16.4. The molecule has 0 saturated carbocycles. The number of rotatable bonds is 18. The van der Waals surface area contributed by atoms with Gasteiger partial charge in [-0.05, 0) is 29.5 Å². The quantitative estimate of drug-likeness (QED) is 0.222. The van der Waals surface area contributed by atoms with Crippen molar-refractivity contribution in [3.05, 3.63) is 60.2 Å². The van der Waals surface area contributed by atoms with Gasteiger partial charge in [0.2, 0.25) is 0 Å². The molecule has 0 heterocycles. The first-order valence-corrected chi connectivity index (χ1v) is 13.2. The van der Waals surface area contributed by atoms with E-state index >= 15 is 4.39 Å². The van der Waals surface area contributed by atoms with Crippen LogP contribution in [0.5, 0.6) is 0 Å². The summed E-state index contributed by atoms with van der Waals surface area (Å²) in [6.07, 6.45) is 9.32. The van der Waals surface area contributed by atoms with E-state index in [0.29, 0.717) is 18.6 Å². The highest BCUT2D eigenvalue weighted by atomic mass is 19.1. The Bertz CT molecular complexity index is 790. The Morgan fingerprint density at radius 2 is 1.35 bits per heavy atom. The van der Waals surface area contributed by atoms with Crippen LogP contribution in [0.25, 0.3) is 11.1 Å². The molecule has 3 unspecified atom stereocenters. The highest BCUT2D eigenvalue weighted by Gasteiger charge is 2.36. The third-order valence-electron chi connectivity index (χ3n) is 6.49. The summed E-state index contributed by atoms with van der Waals surface area (Å²) in [7, 11) is 0. The molecular formula is C30H43FO3. The van der Waals surface area contributed by atoms with Gasteiger partial charge in [-0.2, -0.15) is 0 Å². The number of hydrogen-bond acceptors (Lipinski definition) is 2. The summed E-state index contributed by atoms with van der Waals surface area (Å²) < 4.78 is 21.7. The molecule has 188 valence electrons. The highest BCUT2D eigenvalue weighted by molar-refractivity contribution is 5.77. The van der Waals surface area contributed by atoms with Gasteiger partial charge in [-0.25, -0.2) is 4.39 Å². The first-order valence-electron chi connectivity index (χ1n) is 13.2. The Hall–Kier alpha value is -2.20. The van der Waals surface area contributed by atoms with Crippen molar-refractivity contribution in [3.8, 4) is 11.1 Å². The monoisotopic (exact) mass is 470 g/mol. The largest absolute Gasteiger partial charge is 0.481 e. The van der Waals surface area contributed by atoms with Crippen molar-refractivity contribution in [3.63, 3.8) is 0 Å². The van der Waals surface area contributed by atoms with Crippen molar-refractivity contribution in [1.82, 2.24) is 0 Å². The van der Waals surface area contributed by atoms with E-state index in [1.165, 1.54) is 32.1 Å². The number of hydrogen-bond donors (Lipinski definition) is 1. The van der Waals surface area contributed by atoms with E-state index in [1.54, 1.807) is 12.1 Å². The van der Waals surface area contributed by atoms with Crippen LogP contribution >= 0.6 is 0 Å². The third kappa shape index (κ3) is 9.58. The van der Waals surface area contributed by atoms with Crippen LogP contribution in [-0.2, 0) is 9.53 Å². The lowest BCUT2D eigenvalue weighted by atomic mass is 9.88. The standard InChI is InChI=1S/C30H43FO3/c1-3-5-7-8-9-10-15-23-34-27(18-12-6-4-2)29(31)28(30(32)33)26-21-19-25(20-22-26)24-16-13-11-14-17-24/h11,13-14,16-17,19-22,27-29H,3-10,12,15,18,23H2,1-2H3,(H,32,33). The number of unbranched alkanes of at least 4 members (excludes halogenated alkanes) is 8. The Labute approximate surface area is 205 Å². The SMILES string of the molecule is CCCCCCCCCOC(CCCCC)C(F)C(C(=O)O)c1ccc(-c2ccccc2)cc1. The second-order valence-electron chi connectivity index (χ2n) is 9.27. The topological polar surface area (TPSA) is 46.5 Å². The molecule has 0 bridgehead atoms. The molecule has 0 aliphatic carbocycles. The molecule has 0 radical (unpaired) electrons. The predicted molar refractivity (Wildman–Crippen MR) is 139 cm³/mol. The van der Waals surface area contributed by atoms with Crippen LogP contribution in [-0.4, -0.2) is 30.0 Å². The lowest BCUT2D eigenvalue weighted by molar-refractivity contribution is -0.143. The molecule has 1 N–H and O–H groups in total. The van der Waals surface area contributed by atoms with Gasteiger partial charge in [0.25, 0.3) is 0 Å². The Morgan fingerprint density at radius 1 is 0.794 bits per heavy atom. The van der Waals surface area contributed by atoms with Crippen molar-refractivity contribution >= 4 is 5.97 Å². The van der Waals surface area contributed by atoms with Crippen molar-refractivity contribution in [2.75, 3.05) is 6.61 Å². The number of ether oxygens (including phenoxy) is 1. The maximum Gasteiger partial charge on any atom is 0.314 e. The number of halogens is 1. The van der Waals surface area contributed by atoms with Gasteiger partial charge >= 0.3 is 5.97 Å².